The zero-order valence-electron chi connectivity index (χ0n) is 25.7. The van der Waals surface area contributed by atoms with Gasteiger partial charge in [0.15, 0.2) is 11.0 Å². The van der Waals surface area contributed by atoms with E-state index in [9.17, 15) is 23.6 Å². The van der Waals surface area contributed by atoms with Crippen molar-refractivity contribution in [3.63, 3.8) is 0 Å². The topological polar surface area (TPSA) is 151 Å². The van der Waals surface area contributed by atoms with Gasteiger partial charge in [-0.05, 0) is 75.7 Å². The number of benzene rings is 2. The molecule has 0 aliphatic heterocycles. The molecule has 2 aromatic heterocycles. The van der Waals surface area contributed by atoms with Gasteiger partial charge in [-0.3, -0.25) is 14.2 Å². The summed E-state index contributed by atoms with van der Waals surface area (Å²) in [5, 5.41) is 13.7. The Morgan fingerprint density at radius 3 is 2.39 bits per heavy atom. The Bertz CT molecular complexity index is 1740. The number of thioether (sulfide) groups is 1. The van der Waals surface area contributed by atoms with Gasteiger partial charge in [0.05, 0.1) is 37.7 Å². The van der Waals surface area contributed by atoms with Crippen molar-refractivity contribution >= 4 is 51.9 Å². The zero-order valence-corrected chi connectivity index (χ0v) is 27.3. The number of carbonyl (C=O) groups excluding carboxylic acids is 4. The number of hydrogen-bond donors (Lipinski definition) is 2. The van der Waals surface area contributed by atoms with Crippen LogP contribution in [0.5, 0.6) is 5.75 Å². The minimum absolute atomic E-state index is 0.0322. The van der Waals surface area contributed by atoms with Gasteiger partial charge < -0.3 is 24.8 Å². The molecular weight excluding hydrogens is 638 g/mol. The van der Waals surface area contributed by atoms with Gasteiger partial charge in [-0.25, -0.2) is 14.0 Å². The highest BCUT2D eigenvalue weighted by Crippen LogP contribution is 2.35. The van der Waals surface area contributed by atoms with E-state index in [-0.39, 0.29) is 41.1 Å². The summed E-state index contributed by atoms with van der Waals surface area (Å²) in [6.45, 7) is 6.74. The summed E-state index contributed by atoms with van der Waals surface area (Å²) in [5.74, 6) is -1.75. The molecule has 12 nitrogen and oxygen atoms in total. The van der Waals surface area contributed by atoms with E-state index in [0.29, 0.717) is 33.5 Å². The minimum atomic E-state index is -0.786. The fourth-order valence-electron chi connectivity index (χ4n) is 4.23. The van der Waals surface area contributed by atoms with E-state index in [4.69, 9.17) is 14.2 Å². The Labute approximate surface area is 272 Å². The van der Waals surface area contributed by atoms with Crippen LogP contribution >= 0.6 is 23.1 Å². The second-order valence-corrected chi connectivity index (χ2v) is 11.9. The van der Waals surface area contributed by atoms with Gasteiger partial charge in [0.2, 0.25) is 5.91 Å². The Balaban J connectivity index is 1.58. The summed E-state index contributed by atoms with van der Waals surface area (Å²) >= 11 is 1.98. The molecule has 15 heteroatoms. The smallest absolute Gasteiger partial charge is 0.348 e. The lowest BCUT2D eigenvalue weighted by Crippen LogP contribution is -2.25. The summed E-state index contributed by atoms with van der Waals surface area (Å²) in [6, 6.07) is 12.3. The number of rotatable bonds is 13. The molecule has 2 aromatic carbocycles. The Morgan fingerprint density at radius 1 is 1.02 bits per heavy atom. The monoisotopic (exact) mass is 669 g/mol. The number of halogens is 1. The summed E-state index contributed by atoms with van der Waals surface area (Å²) in [5.41, 5.74) is 1.30. The fraction of sp³-hybridized carbons (Fsp3) is 0.290. The number of methoxy groups -OCH3 is 1. The highest BCUT2D eigenvalue weighted by molar-refractivity contribution is 8.00. The molecular formula is C31H32FN5O7S2. The lowest BCUT2D eigenvalue weighted by molar-refractivity contribution is -0.115. The van der Waals surface area contributed by atoms with E-state index in [2.05, 4.69) is 20.8 Å². The van der Waals surface area contributed by atoms with Crippen molar-refractivity contribution in [1.29, 1.82) is 0 Å². The number of nitrogens with zero attached hydrogens (tertiary/aromatic N) is 3. The number of carbonyl (C=O) groups is 4. The molecule has 0 radical (unpaired) electrons. The maximum absolute atomic E-state index is 13.8. The molecule has 1 unspecified atom stereocenters. The van der Waals surface area contributed by atoms with Crippen LogP contribution in [0.1, 0.15) is 62.5 Å². The normalized spacial score (nSPS) is 11.4. The average Bonchev–Trinajstić information content (AvgIpc) is 3.60. The number of amides is 2. The van der Waals surface area contributed by atoms with Crippen molar-refractivity contribution in [3.05, 3.63) is 81.7 Å². The van der Waals surface area contributed by atoms with E-state index >= 15 is 0 Å². The molecule has 0 spiro atoms. The van der Waals surface area contributed by atoms with E-state index in [1.807, 2.05) is 0 Å². The number of anilines is 1. The highest BCUT2D eigenvalue weighted by Gasteiger charge is 2.29. The molecule has 46 heavy (non-hydrogen) atoms. The summed E-state index contributed by atoms with van der Waals surface area (Å²) in [4.78, 5) is 51.7. The molecule has 2 amide bonds. The van der Waals surface area contributed by atoms with Gasteiger partial charge in [0, 0.05) is 11.3 Å². The van der Waals surface area contributed by atoms with Crippen molar-refractivity contribution < 1.29 is 37.8 Å². The van der Waals surface area contributed by atoms with Gasteiger partial charge >= 0.3 is 11.9 Å². The van der Waals surface area contributed by atoms with E-state index in [1.54, 1.807) is 56.5 Å². The molecule has 1 atom stereocenters. The van der Waals surface area contributed by atoms with Crippen LogP contribution in [0.4, 0.5) is 9.39 Å². The van der Waals surface area contributed by atoms with E-state index in [0.717, 1.165) is 23.1 Å². The van der Waals surface area contributed by atoms with Gasteiger partial charge in [0.1, 0.15) is 21.4 Å². The van der Waals surface area contributed by atoms with E-state index in [1.165, 1.54) is 31.4 Å². The summed E-state index contributed by atoms with van der Waals surface area (Å²) in [7, 11) is 1.50. The van der Waals surface area contributed by atoms with Crippen molar-refractivity contribution in [2.24, 2.45) is 0 Å². The second kappa shape index (κ2) is 15.5. The minimum Gasteiger partial charge on any atom is -0.497 e. The van der Waals surface area contributed by atoms with Crippen LogP contribution in [0.25, 0.3) is 5.69 Å². The van der Waals surface area contributed by atoms with Crippen LogP contribution < -0.4 is 15.4 Å². The number of hydrogen-bond acceptors (Lipinski definition) is 11. The van der Waals surface area contributed by atoms with Crippen LogP contribution in [0, 0.1) is 12.7 Å². The van der Waals surface area contributed by atoms with Gasteiger partial charge in [-0.1, -0.05) is 17.8 Å². The summed E-state index contributed by atoms with van der Waals surface area (Å²) in [6.07, 6.45) is 0. The first kappa shape index (κ1) is 34.1. The lowest BCUT2D eigenvalue weighted by atomic mass is 10.1. The molecule has 242 valence electrons. The third-order valence-corrected chi connectivity index (χ3v) is 8.73. The van der Waals surface area contributed by atoms with E-state index < -0.39 is 28.9 Å². The molecule has 4 aromatic rings. The lowest BCUT2D eigenvalue weighted by Gasteiger charge is -2.14. The molecule has 0 aliphatic rings. The largest absolute Gasteiger partial charge is 0.497 e. The third-order valence-electron chi connectivity index (χ3n) is 6.50. The molecule has 0 bridgehead atoms. The third kappa shape index (κ3) is 7.90. The van der Waals surface area contributed by atoms with Crippen molar-refractivity contribution in [2.45, 2.75) is 44.6 Å². The molecule has 4 rings (SSSR count). The SMILES string of the molecule is CCOC(=O)c1sc(NC(=O)C(C)Sc2nnc(CNC(=O)c3cccc(OC)c3)n2-c2ccc(F)cc2)c(C(=O)OCC)c1C. The first-order valence-corrected chi connectivity index (χ1v) is 15.8. The van der Waals surface area contributed by atoms with Crippen LogP contribution in [0.2, 0.25) is 0 Å². The van der Waals surface area contributed by atoms with Crippen molar-refractivity contribution in [1.82, 2.24) is 20.1 Å². The van der Waals surface area contributed by atoms with Crippen LogP contribution in [-0.4, -0.2) is 64.1 Å². The molecule has 0 saturated carbocycles. The number of nitrogens with one attached hydrogen (secondary N) is 2. The standard InChI is InChI=1S/C31H32FN5O7S2/c1-6-43-29(40)24-17(3)25(30(41)44-7-2)46-28(24)34-26(38)18(4)45-31-36-35-23(37(31)21-13-11-20(32)12-14-21)16-33-27(39)19-9-8-10-22(15-19)42-5/h8-15,18H,6-7,16H2,1-5H3,(H,33,39)(H,34,38). The Kier molecular flexibility index (Phi) is 11.5. The van der Waals surface area contributed by atoms with Crippen molar-refractivity contribution in [2.75, 3.05) is 25.6 Å². The van der Waals surface area contributed by atoms with Crippen LogP contribution in [-0.2, 0) is 20.8 Å². The second-order valence-electron chi connectivity index (χ2n) is 9.58. The molecule has 2 N–H and O–H groups in total. The zero-order chi connectivity index (χ0) is 33.4. The molecule has 2 heterocycles. The highest BCUT2D eigenvalue weighted by atomic mass is 32.2. The number of ether oxygens (including phenoxy) is 3. The number of thiophene rings is 1. The first-order valence-electron chi connectivity index (χ1n) is 14.1. The average molecular weight is 670 g/mol. The van der Waals surface area contributed by atoms with Crippen molar-refractivity contribution in [3.8, 4) is 11.4 Å². The molecule has 0 saturated heterocycles. The van der Waals surface area contributed by atoms with Gasteiger partial charge in [-0.2, -0.15) is 0 Å². The quantitative estimate of drug-likeness (QED) is 0.144. The maximum Gasteiger partial charge on any atom is 0.348 e. The van der Waals surface area contributed by atoms with Gasteiger partial charge in [-0.15, -0.1) is 21.5 Å². The van der Waals surface area contributed by atoms with Crippen LogP contribution in [0.3, 0.4) is 0 Å². The first-order chi connectivity index (χ1) is 22.1. The Morgan fingerprint density at radius 2 is 1.72 bits per heavy atom. The Hall–Kier alpha value is -4.76. The predicted molar refractivity (Wildman–Crippen MR) is 170 cm³/mol. The maximum atomic E-state index is 13.8. The molecule has 0 aliphatic carbocycles. The number of aromatic nitrogens is 3. The summed E-state index contributed by atoms with van der Waals surface area (Å²) < 4.78 is 30.9. The van der Waals surface area contributed by atoms with Crippen LogP contribution in [0.15, 0.2) is 53.7 Å². The fourth-order valence-corrected chi connectivity index (χ4v) is 6.21. The predicted octanol–water partition coefficient (Wildman–Crippen LogP) is 5.19. The molecule has 0 fully saturated rings. The van der Waals surface area contributed by atoms with Gasteiger partial charge in [0.25, 0.3) is 5.91 Å². The number of esters is 2.